The van der Waals surface area contributed by atoms with Crippen LogP contribution < -0.4 is 4.74 Å². The molecule has 1 atom stereocenters. The zero-order valence-electron chi connectivity index (χ0n) is 12.2. The van der Waals surface area contributed by atoms with Crippen LogP contribution in [0.4, 0.5) is 0 Å². The standard InChI is InChI=1S/C18H22O2/c1-3-18(19,14-15-9-6-5-7-10-15)16-11-8-12-17(13-16)20-4-2/h5-13,19H,3-4,14H2,1-2H3. The molecular weight excluding hydrogens is 248 g/mol. The Hall–Kier alpha value is -1.80. The second kappa shape index (κ2) is 6.58. The number of rotatable bonds is 6. The minimum absolute atomic E-state index is 0.611. The smallest absolute Gasteiger partial charge is 0.119 e. The summed E-state index contributed by atoms with van der Waals surface area (Å²) in [6.45, 7) is 4.60. The average molecular weight is 270 g/mol. The fourth-order valence-corrected chi connectivity index (χ4v) is 2.41. The lowest BCUT2D eigenvalue weighted by Crippen LogP contribution is -2.27. The van der Waals surface area contributed by atoms with Gasteiger partial charge in [0.25, 0.3) is 0 Å². The molecule has 1 N–H and O–H groups in total. The third-order valence-corrected chi connectivity index (χ3v) is 3.61. The van der Waals surface area contributed by atoms with Gasteiger partial charge in [-0.05, 0) is 36.6 Å². The molecule has 2 nitrogen and oxygen atoms in total. The number of hydrogen-bond donors (Lipinski definition) is 1. The van der Waals surface area contributed by atoms with E-state index in [1.54, 1.807) is 0 Å². The molecule has 0 aliphatic heterocycles. The van der Waals surface area contributed by atoms with Crippen molar-refractivity contribution in [3.05, 3.63) is 65.7 Å². The van der Waals surface area contributed by atoms with E-state index in [1.807, 2.05) is 68.4 Å². The highest BCUT2D eigenvalue weighted by Crippen LogP contribution is 2.31. The Labute approximate surface area is 121 Å². The summed E-state index contributed by atoms with van der Waals surface area (Å²) in [5, 5.41) is 11.0. The first-order chi connectivity index (χ1) is 9.68. The first kappa shape index (κ1) is 14.6. The monoisotopic (exact) mass is 270 g/mol. The van der Waals surface area contributed by atoms with Crippen LogP contribution >= 0.6 is 0 Å². The van der Waals surface area contributed by atoms with Crippen molar-refractivity contribution in [3.63, 3.8) is 0 Å². The maximum absolute atomic E-state index is 11.0. The van der Waals surface area contributed by atoms with Crippen molar-refractivity contribution in [2.75, 3.05) is 6.61 Å². The molecule has 0 aliphatic carbocycles. The number of benzene rings is 2. The highest BCUT2D eigenvalue weighted by molar-refractivity contribution is 5.34. The van der Waals surface area contributed by atoms with E-state index < -0.39 is 5.60 Å². The SMILES string of the molecule is CCOc1cccc(C(O)(CC)Cc2ccccc2)c1. The van der Waals surface area contributed by atoms with Crippen LogP contribution in [0, 0.1) is 0 Å². The molecule has 20 heavy (non-hydrogen) atoms. The van der Waals surface area contributed by atoms with E-state index in [0.29, 0.717) is 19.4 Å². The van der Waals surface area contributed by atoms with Gasteiger partial charge in [-0.2, -0.15) is 0 Å². The van der Waals surface area contributed by atoms with E-state index in [1.165, 1.54) is 0 Å². The van der Waals surface area contributed by atoms with E-state index >= 15 is 0 Å². The predicted octanol–water partition coefficient (Wildman–Crippen LogP) is 3.93. The van der Waals surface area contributed by atoms with E-state index in [9.17, 15) is 5.11 Å². The van der Waals surface area contributed by atoms with E-state index in [4.69, 9.17) is 4.74 Å². The molecule has 0 fully saturated rings. The summed E-state index contributed by atoms with van der Waals surface area (Å²) in [5.74, 6) is 0.810. The first-order valence-corrected chi connectivity index (χ1v) is 7.17. The Balaban J connectivity index is 2.27. The van der Waals surface area contributed by atoms with Crippen molar-refractivity contribution >= 4 is 0 Å². The molecule has 106 valence electrons. The average Bonchev–Trinajstić information content (AvgIpc) is 2.49. The first-order valence-electron chi connectivity index (χ1n) is 7.17. The van der Waals surface area contributed by atoms with Gasteiger partial charge in [0.2, 0.25) is 0 Å². The van der Waals surface area contributed by atoms with E-state index in [0.717, 1.165) is 16.9 Å². The van der Waals surface area contributed by atoms with Crippen LogP contribution in [0.5, 0.6) is 5.75 Å². The predicted molar refractivity (Wildman–Crippen MR) is 81.9 cm³/mol. The van der Waals surface area contributed by atoms with E-state index in [-0.39, 0.29) is 0 Å². The molecule has 0 saturated heterocycles. The molecule has 0 bridgehead atoms. The second-order valence-corrected chi connectivity index (χ2v) is 5.01. The van der Waals surface area contributed by atoms with Gasteiger partial charge in [-0.3, -0.25) is 0 Å². The molecule has 0 aliphatic rings. The fourth-order valence-electron chi connectivity index (χ4n) is 2.41. The van der Waals surface area contributed by atoms with Gasteiger partial charge in [-0.1, -0.05) is 49.4 Å². The maximum Gasteiger partial charge on any atom is 0.119 e. The van der Waals surface area contributed by atoms with Crippen molar-refractivity contribution in [2.45, 2.75) is 32.3 Å². The van der Waals surface area contributed by atoms with Gasteiger partial charge in [-0.15, -0.1) is 0 Å². The molecule has 0 spiro atoms. The van der Waals surface area contributed by atoms with Crippen LogP contribution in [-0.4, -0.2) is 11.7 Å². The minimum atomic E-state index is -0.853. The lowest BCUT2D eigenvalue weighted by molar-refractivity contribution is 0.0325. The Morgan fingerprint density at radius 3 is 2.40 bits per heavy atom. The molecule has 0 aromatic heterocycles. The van der Waals surface area contributed by atoms with Crippen molar-refractivity contribution < 1.29 is 9.84 Å². The molecule has 2 heteroatoms. The molecule has 0 radical (unpaired) electrons. The van der Waals surface area contributed by atoms with Crippen molar-refractivity contribution in [2.24, 2.45) is 0 Å². The van der Waals surface area contributed by atoms with Crippen LogP contribution in [0.2, 0.25) is 0 Å². The Morgan fingerprint density at radius 1 is 1.00 bits per heavy atom. The van der Waals surface area contributed by atoms with Crippen LogP contribution in [0.1, 0.15) is 31.4 Å². The van der Waals surface area contributed by atoms with Crippen molar-refractivity contribution in [1.82, 2.24) is 0 Å². The normalized spacial score (nSPS) is 13.8. The summed E-state index contributed by atoms with van der Waals surface area (Å²) in [6.07, 6.45) is 1.28. The quantitative estimate of drug-likeness (QED) is 0.862. The zero-order valence-corrected chi connectivity index (χ0v) is 12.2. The Bertz CT molecular complexity index is 536. The number of hydrogen-bond acceptors (Lipinski definition) is 2. The Morgan fingerprint density at radius 2 is 1.75 bits per heavy atom. The Kier molecular flexibility index (Phi) is 4.80. The summed E-state index contributed by atoms with van der Waals surface area (Å²) in [6, 6.07) is 17.9. The lowest BCUT2D eigenvalue weighted by atomic mass is 9.85. The molecule has 2 aromatic rings. The molecule has 1 unspecified atom stereocenters. The summed E-state index contributed by atoms with van der Waals surface area (Å²) in [4.78, 5) is 0. The number of aliphatic hydroxyl groups is 1. The van der Waals surface area contributed by atoms with Gasteiger partial charge < -0.3 is 9.84 Å². The lowest BCUT2D eigenvalue weighted by Gasteiger charge is -2.28. The van der Waals surface area contributed by atoms with Crippen LogP contribution in [0.3, 0.4) is 0 Å². The summed E-state index contributed by atoms with van der Waals surface area (Å²) in [7, 11) is 0. The highest BCUT2D eigenvalue weighted by Gasteiger charge is 2.27. The number of ether oxygens (including phenoxy) is 1. The summed E-state index contributed by atoms with van der Waals surface area (Å²) in [5.41, 5.74) is 1.20. The van der Waals surface area contributed by atoms with Gasteiger partial charge in [0, 0.05) is 6.42 Å². The van der Waals surface area contributed by atoms with Gasteiger partial charge in [0.15, 0.2) is 0 Å². The third-order valence-electron chi connectivity index (χ3n) is 3.61. The molecule has 0 saturated carbocycles. The zero-order chi connectivity index (χ0) is 14.4. The van der Waals surface area contributed by atoms with Crippen molar-refractivity contribution in [1.29, 1.82) is 0 Å². The second-order valence-electron chi connectivity index (χ2n) is 5.01. The van der Waals surface area contributed by atoms with Gasteiger partial charge in [-0.25, -0.2) is 0 Å². The molecule has 2 rings (SSSR count). The molecule has 0 amide bonds. The molecular formula is C18H22O2. The summed E-state index contributed by atoms with van der Waals surface area (Å²) < 4.78 is 5.53. The van der Waals surface area contributed by atoms with Crippen LogP contribution in [0.15, 0.2) is 54.6 Å². The topological polar surface area (TPSA) is 29.5 Å². The van der Waals surface area contributed by atoms with E-state index in [2.05, 4.69) is 0 Å². The maximum atomic E-state index is 11.0. The minimum Gasteiger partial charge on any atom is -0.494 e. The van der Waals surface area contributed by atoms with Gasteiger partial charge in [0.05, 0.1) is 12.2 Å². The van der Waals surface area contributed by atoms with Gasteiger partial charge in [0.1, 0.15) is 5.75 Å². The summed E-state index contributed by atoms with van der Waals surface area (Å²) >= 11 is 0. The third kappa shape index (κ3) is 3.40. The largest absolute Gasteiger partial charge is 0.494 e. The fraction of sp³-hybridized carbons (Fsp3) is 0.333. The molecule has 2 aromatic carbocycles. The molecule has 0 heterocycles. The van der Waals surface area contributed by atoms with Gasteiger partial charge >= 0.3 is 0 Å². The highest BCUT2D eigenvalue weighted by atomic mass is 16.5. The van der Waals surface area contributed by atoms with Crippen LogP contribution in [0.25, 0.3) is 0 Å². The van der Waals surface area contributed by atoms with Crippen molar-refractivity contribution in [3.8, 4) is 5.75 Å². The van der Waals surface area contributed by atoms with Crippen LogP contribution in [-0.2, 0) is 12.0 Å².